The zero-order valence-electron chi connectivity index (χ0n) is 8.84. The number of nitrogens with one attached hydrogen (secondary N) is 1. The number of aromatic nitrogens is 2. The molecule has 0 radical (unpaired) electrons. The second kappa shape index (κ2) is 3.59. The van der Waals surface area contributed by atoms with E-state index >= 15 is 0 Å². The van der Waals surface area contributed by atoms with Crippen LogP contribution in [0.15, 0.2) is 23.0 Å². The molecule has 1 N–H and O–H groups in total. The Morgan fingerprint density at radius 3 is 2.19 bits per heavy atom. The van der Waals surface area contributed by atoms with Crippen LogP contribution in [0, 0.1) is 18.6 Å². The summed E-state index contributed by atoms with van der Waals surface area (Å²) >= 11 is 0. The van der Waals surface area contributed by atoms with Gasteiger partial charge in [0.1, 0.15) is 11.6 Å². The molecular formula is C11H10F2N2O. The Kier molecular flexibility index (Phi) is 2.38. The fraction of sp³-hybridized carbons (Fsp3) is 0.182. The van der Waals surface area contributed by atoms with Crippen molar-refractivity contribution >= 4 is 0 Å². The Balaban J connectivity index is 2.82. The Morgan fingerprint density at radius 1 is 1.19 bits per heavy atom. The standard InChI is InChI=1S/C11H10F2N2O/c1-6-9(11(16)15(2)14-6)10-7(12)4-3-5-8(10)13/h3-5,14H,1-2H3. The van der Waals surface area contributed by atoms with Crippen LogP contribution in [0.3, 0.4) is 0 Å². The van der Waals surface area contributed by atoms with E-state index in [-0.39, 0.29) is 11.1 Å². The number of nitrogens with zero attached hydrogens (tertiary/aromatic N) is 1. The minimum Gasteiger partial charge on any atom is -0.300 e. The predicted molar refractivity (Wildman–Crippen MR) is 56.1 cm³/mol. The van der Waals surface area contributed by atoms with Gasteiger partial charge < -0.3 is 0 Å². The van der Waals surface area contributed by atoms with E-state index in [1.165, 1.54) is 17.8 Å². The van der Waals surface area contributed by atoms with E-state index in [1.54, 1.807) is 6.92 Å². The van der Waals surface area contributed by atoms with Gasteiger partial charge in [0.25, 0.3) is 5.56 Å². The van der Waals surface area contributed by atoms with Crippen molar-refractivity contribution < 1.29 is 8.78 Å². The quantitative estimate of drug-likeness (QED) is 0.790. The van der Waals surface area contributed by atoms with Gasteiger partial charge in [0.05, 0.1) is 11.1 Å². The highest BCUT2D eigenvalue weighted by atomic mass is 19.1. The number of rotatable bonds is 1. The van der Waals surface area contributed by atoms with Crippen LogP contribution in [0.1, 0.15) is 5.69 Å². The first-order valence-electron chi connectivity index (χ1n) is 4.72. The third kappa shape index (κ3) is 1.44. The van der Waals surface area contributed by atoms with Gasteiger partial charge in [0.15, 0.2) is 0 Å². The molecular weight excluding hydrogens is 214 g/mol. The van der Waals surface area contributed by atoms with Gasteiger partial charge in [-0.2, -0.15) is 0 Å². The van der Waals surface area contributed by atoms with Crippen LogP contribution < -0.4 is 5.56 Å². The number of H-pyrrole nitrogens is 1. The molecule has 2 aromatic rings. The summed E-state index contributed by atoms with van der Waals surface area (Å²) in [5, 5.41) is 2.70. The summed E-state index contributed by atoms with van der Waals surface area (Å²) in [7, 11) is 1.50. The van der Waals surface area contributed by atoms with Crippen molar-refractivity contribution in [2.45, 2.75) is 6.92 Å². The van der Waals surface area contributed by atoms with Gasteiger partial charge in [0.2, 0.25) is 0 Å². The topological polar surface area (TPSA) is 37.8 Å². The van der Waals surface area contributed by atoms with Gasteiger partial charge >= 0.3 is 0 Å². The fourth-order valence-corrected chi connectivity index (χ4v) is 1.72. The van der Waals surface area contributed by atoms with Crippen LogP contribution in [0.5, 0.6) is 0 Å². The lowest BCUT2D eigenvalue weighted by atomic mass is 10.1. The average molecular weight is 224 g/mol. The number of hydrogen-bond donors (Lipinski definition) is 1. The molecule has 0 aliphatic carbocycles. The molecule has 5 heteroatoms. The van der Waals surface area contributed by atoms with E-state index in [9.17, 15) is 13.6 Å². The maximum Gasteiger partial charge on any atom is 0.274 e. The number of hydrogen-bond acceptors (Lipinski definition) is 1. The van der Waals surface area contributed by atoms with Crippen molar-refractivity contribution in [3.63, 3.8) is 0 Å². The normalized spacial score (nSPS) is 10.8. The molecule has 2 rings (SSSR count). The van der Waals surface area contributed by atoms with Crippen LogP contribution >= 0.6 is 0 Å². The van der Waals surface area contributed by atoms with Crippen LogP contribution in [-0.2, 0) is 7.05 Å². The second-order valence-corrected chi connectivity index (χ2v) is 3.57. The Morgan fingerprint density at radius 2 is 1.75 bits per heavy atom. The van der Waals surface area contributed by atoms with Gasteiger partial charge in [-0.25, -0.2) is 8.78 Å². The summed E-state index contributed by atoms with van der Waals surface area (Å²) in [5.74, 6) is -1.47. The lowest BCUT2D eigenvalue weighted by molar-refractivity contribution is 0.589. The maximum atomic E-state index is 13.5. The van der Waals surface area contributed by atoms with Gasteiger partial charge in [0, 0.05) is 12.7 Å². The van der Waals surface area contributed by atoms with E-state index in [1.807, 2.05) is 0 Å². The lowest BCUT2D eigenvalue weighted by Gasteiger charge is -2.01. The van der Waals surface area contributed by atoms with Crippen LogP contribution in [0.2, 0.25) is 0 Å². The fourth-order valence-electron chi connectivity index (χ4n) is 1.72. The molecule has 84 valence electrons. The van der Waals surface area contributed by atoms with Crippen LogP contribution in [0.25, 0.3) is 11.1 Å². The van der Waals surface area contributed by atoms with E-state index < -0.39 is 17.2 Å². The summed E-state index contributed by atoms with van der Waals surface area (Å²) in [6.07, 6.45) is 0. The minimum atomic E-state index is -0.736. The molecule has 3 nitrogen and oxygen atoms in total. The number of benzene rings is 1. The third-order valence-corrected chi connectivity index (χ3v) is 2.44. The SMILES string of the molecule is Cc1[nH]n(C)c(=O)c1-c1c(F)cccc1F. The van der Waals surface area contributed by atoms with E-state index in [2.05, 4.69) is 5.10 Å². The molecule has 16 heavy (non-hydrogen) atoms. The molecule has 0 saturated carbocycles. The molecule has 0 unspecified atom stereocenters. The summed E-state index contributed by atoms with van der Waals surface area (Å²) in [6.45, 7) is 1.60. The molecule has 0 spiro atoms. The van der Waals surface area contributed by atoms with Gasteiger partial charge in [-0.1, -0.05) is 6.07 Å². The molecule has 0 aliphatic heterocycles. The van der Waals surface area contributed by atoms with Gasteiger partial charge in [-0.05, 0) is 19.1 Å². The molecule has 1 heterocycles. The van der Waals surface area contributed by atoms with Crippen molar-refractivity contribution in [2.75, 3.05) is 0 Å². The van der Waals surface area contributed by atoms with E-state index in [4.69, 9.17) is 0 Å². The number of halogens is 2. The summed E-state index contributed by atoms with van der Waals surface area (Å²) in [4.78, 5) is 11.7. The summed E-state index contributed by atoms with van der Waals surface area (Å²) < 4.78 is 28.2. The summed E-state index contributed by atoms with van der Waals surface area (Å²) in [5.41, 5.74) is -0.238. The highest BCUT2D eigenvalue weighted by molar-refractivity contribution is 5.66. The Hall–Kier alpha value is -1.91. The molecule has 1 aromatic heterocycles. The molecule has 0 atom stereocenters. The molecule has 0 aliphatic rings. The second-order valence-electron chi connectivity index (χ2n) is 3.57. The first-order chi connectivity index (χ1) is 7.52. The first kappa shape index (κ1) is 10.6. The first-order valence-corrected chi connectivity index (χ1v) is 4.72. The molecule has 0 fully saturated rings. The lowest BCUT2D eigenvalue weighted by Crippen LogP contribution is -2.14. The summed E-state index contributed by atoms with van der Waals surface area (Å²) in [6, 6.07) is 3.52. The monoisotopic (exact) mass is 224 g/mol. The number of aromatic amines is 1. The van der Waals surface area contributed by atoms with Crippen LogP contribution in [0.4, 0.5) is 8.78 Å². The molecule has 1 aromatic carbocycles. The molecule has 0 saturated heterocycles. The smallest absolute Gasteiger partial charge is 0.274 e. The zero-order valence-corrected chi connectivity index (χ0v) is 8.84. The highest BCUT2D eigenvalue weighted by Crippen LogP contribution is 2.24. The van der Waals surface area contributed by atoms with Crippen molar-refractivity contribution in [3.8, 4) is 11.1 Å². The van der Waals surface area contributed by atoms with Crippen molar-refractivity contribution in [1.82, 2.24) is 9.78 Å². The maximum absolute atomic E-state index is 13.5. The molecule has 0 amide bonds. The highest BCUT2D eigenvalue weighted by Gasteiger charge is 2.18. The predicted octanol–water partition coefficient (Wildman–Crippen LogP) is 1.97. The Labute approximate surface area is 90.3 Å². The van der Waals surface area contributed by atoms with Crippen LogP contribution in [-0.4, -0.2) is 9.78 Å². The number of aryl methyl sites for hydroxylation is 2. The third-order valence-electron chi connectivity index (χ3n) is 2.44. The minimum absolute atomic E-state index is 0.0399. The largest absolute Gasteiger partial charge is 0.300 e. The van der Waals surface area contributed by atoms with Gasteiger partial charge in [-0.15, -0.1) is 0 Å². The average Bonchev–Trinajstić information content (AvgIpc) is 2.44. The molecule has 0 bridgehead atoms. The van der Waals surface area contributed by atoms with E-state index in [0.29, 0.717) is 5.69 Å². The zero-order chi connectivity index (χ0) is 11.9. The Bertz CT molecular complexity index is 578. The van der Waals surface area contributed by atoms with Gasteiger partial charge in [-0.3, -0.25) is 14.6 Å². The van der Waals surface area contributed by atoms with Crippen molar-refractivity contribution in [1.29, 1.82) is 0 Å². The van der Waals surface area contributed by atoms with E-state index in [0.717, 1.165) is 12.1 Å². The van der Waals surface area contributed by atoms with Crippen molar-refractivity contribution in [3.05, 3.63) is 45.9 Å². The van der Waals surface area contributed by atoms with Crippen molar-refractivity contribution in [2.24, 2.45) is 7.05 Å².